The predicted octanol–water partition coefficient (Wildman–Crippen LogP) is 0.340. The largest absolute Gasteiger partial charge is 0.334 e. The minimum Gasteiger partial charge on any atom is -0.334 e. The maximum absolute atomic E-state index is 12.4. The van der Waals surface area contributed by atoms with Crippen LogP contribution in [0.2, 0.25) is 0 Å². The maximum Gasteiger partial charge on any atom is 0.257 e. The van der Waals surface area contributed by atoms with E-state index in [9.17, 15) is 4.79 Å². The Bertz CT molecular complexity index is 420. The van der Waals surface area contributed by atoms with Crippen LogP contribution in [-0.4, -0.2) is 57.7 Å². The first kappa shape index (κ1) is 10.8. The van der Waals surface area contributed by atoms with Gasteiger partial charge in [0.1, 0.15) is 0 Å². The fourth-order valence-corrected chi connectivity index (χ4v) is 2.85. The van der Waals surface area contributed by atoms with Gasteiger partial charge in [-0.15, -0.1) is 0 Å². The maximum atomic E-state index is 12.4. The normalized spacial score (nSPS) is 28.2. The number of aromatic nitrogens is 2. The lowest BCUT2D eigenvalue weighted by molar-refractivity contribution is 0.0685. The number of hydrogen-bond donors (Lipinski definition) is 0. The van der Waals surface area contributed by atoms with Crippen LogP contribution < -0.4 is 0 Å². The van der Waals surface area contributed by atoms with Crippen LogP contribution in [0.4, 0.5) is 0 Å². The van der Waals surface area contributed by atoms with Crippen molar-refractivity contribution < 1.29 is 4.79 Å². The molecule has 3 aliphatic rings. The van der Waals surface area contributed by atoms with Crippen LogP contribution in [0.1, 0.15) is 23.2 Å². The zero-order valence-electron chi connectivity index (χ0n) is 10.2. The van der Waals surface area contributed by atoms with Gasteiger partial charge in [0, 0.05) is 45.5 Å². The SMILES string of the molecule is Cn1cc(C(=O)N2CCN3CCC2CC3)cn1. The molecule has 3 fully saturated rings. The third-order valence-corrected chi connectivity index (χ3v) is 3.87. The molecule has 0 atom stereocenters. The third kappa shape index (κ3) is 1.95. The van der Waals surface area contributed by atoms with Crippen molar-refractivity contribution >= 4 is 5.91 Å². The average molecular weight is 234 g/mol. The van der Waals surface area contributed by atoms with Gasteiger partial charge in [0.2, 0.25) is 0 Å². The number of carbonyl (C=O) groups excluding carboxylic acids is 1. The summed E-state index contributed by atoms with van der Waals surface area (Å²) in [6.45, 7) is 4.16. The Labute approximate surface area is 101 Å². The second-order valence-electron chi connectivity index (χ2n) is 4.97. The van der Waals surface area contributed by atoms with Crippen LogP contribution in [0.3, 0.4) is 0 Å². The quantitative estimate of drug-likeness (QED) is 0.703. The van der Waals surface area contributed by atoms with Crippen molar-refractivity contribution in [3.8, 4) is 0 Å². The van der Waals surface area contributed by atoms with Gasteiger partial charge < -0.3 is 9.80 Å². The Balaban J connectivity index is 1.81. The molecule has 17 heavy (non-hydrogen) atoms. The summed E-state index contributed by atoms with van der Waals surface area (Å²) in [5, 5.41) is 4.08. The first-order chi connectivity index (χ1) is 8.24. The van der Waals surface area contributed by atoms with Crippen molar-refractivity contribution in [1.29, 1.82) is 0 Å². The van der Waals surface area contributed by atoms with E-state index in [4.69, 9.17) is 0 Å². The van der Waals surface area contributed by atoms with Gasteiger partial charge in [-0.1, -0.05) is 0 Å². The fraction of sp³-hybridized carbons (Fsp3) is 0.667. The highest BCUT2D eigenvalue weighted by molar-refractivity contribution is 5.94. The van der Waals surface area contributed by atoms with Gasteiger partial charge in [-0.3, -0.25) is 9.48 Å². The second-order valence-corrected chi connectivity index (χ2v) is 4.97. The lowest BCUT2D eigenvalue weighted by atomic mass is 10.0. The minimum absolute atomic E-state index is 0.145. The zero-order chi connectivity index (χ0) is 11.8. The second kappa shape index (κ2) is 4.14. The van der Waals surface area contributed by atoms with E-state index in [-0.39, 0.29) is 5.91 Å². The molecule has 2 bridgehead atoms. The first-order valence-corrected chi connectivity index (χ1v) is 6.26. The highest BCUT2D eigenvalue weighted by Gasteiger charge is 2.32. The minimum atomic E-state index is 0.145. The highest BCUT2D eigenvalue weighted by Crippen LogP contribution is 2.22. The molecule has 4 heterocycles. The number of piperidine rings is 1. The molecular formula is C12H18N4O. The molecule has 0 unspecified atom stereocenters. The van der Waals surface area contributed by atoms with Crippen molar-refractivity contribution in [2.75, 3.05) is 26.2 Å². The molecule has 5 heteroatoms. The number of aryl methyl sites for hydroxylation is 1. The Kier molecular flexibility index (Phi) is 2.63. The van der Waals surface area contributed by atoms with Crippen molar-refractivity contribution in [3.05, 3.63) is 18.0 Å². The van der Waals surface area contributed by atoms with Crippen molar-refractivity contribution in [2.45, 2.75) is 18.9 Å². The standard InChI is InChI=1S/C12H18N4O/c1-14-9-10(8-13-14)12(17)16-7-6-15-4-2-11(16)3-5-15/h8-9,11H,2-7H2,1H3. The summed E-state index contributed by atoms with van der Waals surface area (Å²) >= 11 is 0. The van der Waals surface area contributed by atoms with Crippen molar-refractivity contribution in [3.63, 3.8) is 0 Å². The number of rotatable bonds is 1. The average Bonchev–Trinajstić information content (AvgIpc) is 2.58. The summed E-state index contributed by atoms with van der Waals surface area (Å²) in [5.74, 6) is 0.145. The third-order valence-electron chi connectivity index (χ3n) is 3.87. The summed E-state index contributed by atoms with van der Waals surface area (Å²) in [5.41, 5.74) is 0.716. The number of fused-ring (bicyclic) bond motifs is 4. The molecule has 1 amide bonds. The Morgan fingerprint density at radius 1 is 1.29 bits per heavy atom. The predicted molar refractivity (Wildman–Crippen MR) is 63.7 cm³/mol. The number of hydrogen-bond acceptors (Lipinski definition) is 3. The van der Waals surface area contributed by atoms with Gasteiger partial charge in [0.05, 0.1) is 11.8 Å². The molecule has 1 aromatic heterocycles. The lowest BCUT2D eigenvalue weighted by Crippen LogP contribution is -2.41. The smallest absolute Gasteiger partial charge is 0.257 e. The topological polar surface area (TPSA) is 41.4 Å². The molecule has 0 N–H and O–H groups in total. The van der Waals surface area contributed by atoms with E-state index in [1.807, 2.05) is 11.9 Å². The highest BCUT2D eigenvalue weighted by atomic mass is 16.2. The number of nitrogens with zero attached hydrogens (tertiary/aromatic N) is 4. The summed E-state index contributed by atoms with van der Waals surface area (Å²) in [6, 6.07) is 0.432. The zero-order valence-corrected chi connectivity index (χ0v) is 10.2. The molecule has 3 aliphatic heterocycles. The van der Waals surface area contributed by atoms with Gasteiger partial charge in [-0.25, -0.2) is 0 Å². The summed E-state index contributed by atoms with van der Waals surface area (Å²) < 4.78 is 1.69. The first-order valence-electron chi connectivity index (χ1n) is 6.26. The van der Waals surface area contributed by atoms with Gasteiger partial charge >= 0.3 is 0 Å². The molecule has 0 aliphatic carbocycles. The van der Waals surface area contributed by atoms with Crippen LogP contribution in [0.5, 0.6) is 0 Å². The van der Waals surface area contributed by atoms with Crippen LogP contribution >= 0.6 is 0 Å². The Hall–Kier alpha value is -1.36. The Morgan fingerprint density at radius 3 is 2.71 bits per heavy atom. The van der Waals surface area contributed by atoms with E-state index >= 15 is 0 Å². The molecule has 5 nitrogen and oxygen atoms in total. The molecule has 0 saturated carbocycles. The van der Waals surface area contributed by atoms with E-state index in [1.54, 1.807) is 17.1 Å². The number of amides is 1. The van der Waals surface area contributed by atoms with Crippen LogP contribution in [0, 0.1) is 0 Å². The molecule has 0 aromatic carbocycles. The van der Waals surface area contributed by atoms with Gasteiger partial charge in [-0.05, 0) is 12.8 Å². The van der Waals surface area contributed by atoms with E-state index < -0.39 is 0 Å². The van der Waals surface area contributed by atoms with Gasteiger partial charge in [-0.2, -0.15) is 5.10 Å². The summed E-state index contributed by atoms with van der Waals surface area (Å²) in [7, 11) is 1.84. The number of carbonyl (C=O) groups is 1. The summed E-state index contributed by atoms with van der Waals surface area (Å²) in [6.07, 6.45) is 5.71. The van der Waals surface area contributed by atoms with E-state index in [1.165, 1.54) is 0 Å². The van der Waals surface area contributed by atoms with Crippen LogP contribution in [0.15, 0.2) is 12.4 Å². The van der Waals surface area contributed by atoms with E-state index in [0.717, 1.165) is 39.0 Å². The molecule has 1 aromatic rings. The van der Waals surface area contributed by atoms with Crippen molar-refractivity contribution in [2.24, 2.45) is 7.05 Å². The van der Waals surface area contributed by atoms with E-state index in [0.29, 0.717) is 11.6 Å². The Morgan fingerprint density at radius 2 is 2.06 bits per heavy atom. The molecule has 0 spiro atoms. The summed E-state index contributed by atoms with van der Waals surface area (Å²) in [4.78, 5) is 16.9. The van der Waals surface area contributed by atoms with Gasteiger partial charge in [0.15, 0.2) is 0 Å². The monoisotopic (exact) mass is 234 g/mol. The molecule has 3 saturated heterocycles. The molecular weight excluding hydrogens is 216 g/mol. The lowest BCUT2D eigenvalue weighted by Gasteiger charge is -2.31. The molecule has 92 valence electrons. The molecule has 0 radical (unpaired) electrons. The van der Waals surface area contributed by atoms with Crippen LogP contribution in [-0.2, 0) is 7.05 Å². The molecule has 4 rings (SSSR count). The van der Waals surface area contributed by atoms with Crippen LogP contribution in [0.25, 0.3) is 0 Å². The van der Waals surface area contributed by atoms with Crippen molar-refractivity contribution in [1.82, 2.24) is 19.6 Å². The fourth-order valence-electron chi connectivity index (χ4n) is 2.85. The van der Waals surface area contributed by atoms with Gasteiger partial charge in [0.25, 0.3) is 5.91 Å². The van der Waals surface area contributed by atoms with E-state index in [2.05, 4.69) is 10.00 Å².